The zero-order chi connectivity index (χ0) is 14.7. The van der Waals surface area contributed by atoms with E-state index in [0.29, 0.717) is 11.8 Å². The Balaban J connectivity index is 2.23. The van der Waals surface area contributed by atoms with Crippen molar-refractivity contribution in [3.63, 3.8) is 0 Å². The molecular formula is C18H28FN. The molecule has 1 fully saturated rings. The molecule has 1 saturated carbocycles. The Hall–Kier alpha value is -0.890. The van der Waals surface area contributed by atoms with Gasteiger partial charge < -0.3 is 5.32 Å². The van der Waals surface area contributed by atoms with Crippen LogP contribution in [-0.4, -0.2) is 13.6 Å². The Morgan fingerprint density at radius 2 is 2.05 bits per heavy atom. The molecular weight excluding hydrogens is 249 g/mol. The molecule has 1 aromatic carbocycles. The highest BCUT2D eigenvalue weighted by atomic mass is 19.1. The monoisotopic (exact) mass is 277 g/mol. The lowest BCUT2D eigenvalue weighted by molar-refractivity contribution is 0.192. The fourth-order valence-electron chi connectivity index (χ4n) is 3.63. The van der Waals surface area contributed by atoms with Crippen LogP contribution >= 0.6 is 0 Å². The van der Waals surface area contributed by atoms with E-state index in [2.05, 4.69) is 25.2 Å². The number of hydrogen-bond acceptors (Lipinski definition) is 1. The Bertz CT molecular complexity index is 441. The number of benzene rings is 1. The molecule has 20 heavy (non-hydrogen) atoms. The summed E-state index contributed by atoms with van der Waals surface area (Å²) < 4.78 is 13.9. The molecule has 3 unspecified atom stereocenters. The Morgan fingerprint density at radius 3 is 2.65 bits per heavy atom. The van der Waals surface area contributed by atoms with Gasteiger partial charge >= 0.3 is 0 Å². The third kappa shape index (κ3) is 3.41. The molecule has 0 spiro atoms. The second-order valence-electron chi connectivity index (χ2n) is 6.75. The SMILES string of the molecule is CNCC1CCC(C(C)C)CC1c1ccc(C)c(F)c1. The standard InChI is InChI=1S/C18H28FN/c1-12(2)14-7-8-16(11-20-4)17(9-14)15-6-5-13(3)18(19)10-15/h5-6,10,12,14,16-17,20H,7-9,11H2,1-4H3. The normalized spacial score (nSPS) is 27.0. The van der Waals surface area contributed by atoms with E-state index in [1.165, 1.54) is 24.8 Å². The molecule has 0 bridgehead atoms. The van der Waals surface area contributed by atoms with E-state index in [1.54, 1.807) is 6.07 Å². The van der Waals surface area contributed by atoms with Crippen molar-refractivity contribution in [2.75, 3.05) is 13.6 Å². The van der Waals surface area contributed by atoms with Gasteiger partial charge in [-0.25, -0.2) is 4.39 Å². The van der Waals surface area contributed by atoms with Gasteiger partial charge in [-0.15, -0.1) is 0 Å². The quantitative estimate of drug-likeness (QED) is 0.854. The summed E-state index contributed by atoms with van der Waals surface area (Å²) >= 11 is 0. The van der Waals surface area contributed by atoms with Gasteiger partial charge in [0.05, 0.1) is 0 Å². The van der Waals surface area contributed by atoms with Crippen LogP contribution < -0.4 is 5.32 Å². The van der Waals surface area contributed by atoms with Crippen molar-refractivity contribution >= 4 is 0 Å². The van der Waals surface area contributed by atoms with Crippen molar-refractivity contribution < 1.29 is 4.39 Å². The van der Waals surface area contributed by atoms with Crippen molar-refractivity contribution in [3.8, 4) is 0 Å². The van der Waals surface area contributed by atoms with Crippen LogP contribution in [0, 0.1) is 30.5 Å². The minimum atomic E-state index is -0.0580. The first-order chi connectivity index (χ1) is 9.52. The van der Waals surface area contributed by atoms with E-state index in [9.17, 15) is 4.39 Å². The van der Waals surface area contributed by atoms with Crippen LogP contribution in [-0.2, 0) is 0 Å². The molecule has 0 aliphatic heterocycles. The lowest BCUT2D eigenvalue weighted by atomic mass is 9.68. The fraction of sp³-hybridized carbons (Fsp3) is 0.667. The second kappa shape index (κ2) is 6.71. The maximum atomic E-state index is 13.9. The third-order valence-corrected chi connectivity index (χ3v) is 5.07. The fourth-order valence-corrected chi connectivity index (χ4v) is 3.63. The first-order valence-electron chi connectivity index (χ1n) is 7.93. The van der Waals surface area contributed by atoms with E-state index in [1.807, 2.05) is 20.0 Å². The van der Waals surface area contributed by atoms with Gasteiger partial charge in [0.15, 0.2) is 0 Å². The average molecular weight is 277 g/mol. The summed E-state index contributed by atoms with van der Waals surface area (Å²) in [6.45, 7) is 7.50. The van der Waals surface area contributed by atoms with E-state index < -0.39 is 0 Å². The van der Waals surface area contributed by atoms with Gasteiger partial charge in [-0.2, -0.15) is 0 Å². The van der Waals surface area contributed by atoms with Gasteiger partial charge in [0.25, 0.3) is 0 Å². The van der Waals surface area contributed by atoms with Crippen LogP contribution in [0.2, 0.25) is 0 Å². The van der Waals surface area contributed by atoms with E-state index >= 15 is 0 Å². The van der Waals surface area contributed by atoms with Crippen molar-refractivity contribution in [2.24, 2.45) is 17.8 Å². The van der Waals surface area contributed by atoms with Gasteiger partial charge in [0.2, 0.25) is 0 Å². The van der Waals surface area contributed by atoms with Gasteiger partial charge in [-0.3, -0.25) is 0 Å². The summed E-state index contributed by atoms with van der Waals surface area (Å²) in [5.74, 6) is 2.58. The number of nitrogens with one attached hydrogen (secondary N) is 1. The Morgan fingerprint density at radius 1 is 1.30 bits per heavy atom. The van der Waals surface area contributed by atoms with Gasteiger partial charge in [-0.1, -0.05) is 26.0 Å². The predicted molar refractivity (Wildman–Crippen MR) is 83.5 cm³/mol. The molecule has 2 rings (SSSR count). The largest absolute Gasteiger partial charge is 0.319 e. The molecule has 0 heterocycles. The van der Waals surface area contributed by atoms with Crippen LogP contribution in [0.5, 0.6) is 0 Å². The van der Waals surface area contributed by atoms with Crippen molar-refractivity contribution in [2.45, 2.75) is 46.0 Å². The van der Waals surface area contributed by atoms with E-state index in [0.717, 1.165) is 23.9 Å². The molecule has 0 amide bonds. The molecule has 3 atom stereocenters. The molecule has 0 radical (unpaired) electrons. The second-order valence-corrected chi connectivity index (χ2v) is 6.75. The average Bonchev–Trinajstić information content (AvgIpc) is 2.42. The zero-order valence-electron chi connectivity index (χ0n) is 13.2. The maximum Gasteiger partial charge on any atom is 0.126 e. The number of rotatable bonds is 4. The summed E-state index contributed by atoms with van der Waals surface area (Å²) in [6.07, 6.45) is 3.77. The van der Waals surface area contributed by atoms with Gasteiger partial charge in [0.1, 0.15) is 5.82 Å². The van der Waals surface area contributed by atoms with Gasteiger partial charge in [0, 0.05) is 0 Å². The lowest BCUT2D eigenvalue weighted by Crippen LogP contribution is -2.32. The van der Waals surface area contributed by atoms with E-state index in [4.69, 9.17) is 0 Å². The van der Waals surface area contributed by atoms with Crippen LogP contribution in [0.25, 0.3) is 0 Å². The van der Waals surface area contributed by atoms with Crippen molar-refractivity contribution in [1.29, 1.82) is 0 Å². The highest BCUT2D eigenvalue weighted by Crippen LogP contribution is 2.43. The third-order valence-electron chi connectivity index (χ3n) is 5.07. The molecule has 0 aromatic heterocycles. The van der Waals surface area contributed by atoms with Crippen LogP contribution in [0.4, 0.5) is 4.39 Å². The topological polar surface area (TPSA) is 12.0 Å². The van der Waals surface area contributed by atoms with E-state index in [-0.39, 0.29) is 5.82 Å². The zero-order valence-corrected chi connectivity index (χ0v) is 13.2. The van der Waals surface area contributed by atoms with Gasteiger partial charge in [-0.05, 0) is 80.6 Å². The summed E-state index contributed by atoms with van der Waals surface area (Å²) in [5, 5.41) is 3.31. The van der Waals surface area contributed by atoms with Crippen LogP contribution in [0.1, 0.15) is 50.2 Å². The number of aryl methyl sites for hydroxylation is 1. The predicted octanol–water partition coefficient (Wildman–Crippen LogP) is 4.51. The molecule has 112 valence electrons. The lowest BCUT2D eigenvalue weighted by Gasteiger charge is -2.38. The van der Waals surface area contributed by atoms with Crippen molar-refractivity contribution in [1.82, 2.24) is 5.32 Å². The highest BCUT2D eigenvalue weighted by Gasteiger charge is 2.32. The first-order valence-corrected chi connectivity index (χ1v) is 7.93. The highest BCUT2D eigenvalue weighted by molar-refractivity contribution is 5.27. The van der Waals surface area contributed by atoms with Crippen LogP contribution in [0.15, 0.2) is 18.2 Å². The molecule has 1 N–H and O–H groups in total. The minimum Gasteiger partial charge on any atom is -0.319 e. The molecule has 1 aromatic rings. The maximum absolute atomic E-state index is 13.9. The summed E-state index contributed by atoms with van der Waals surface area (Å²) in [5.41, 5.74) is 1.94. The molecule has 1 aliphatic carbocycles. The number of hydrogen-bond donors (Lipinski definition) is 1. The van der Waals surface area contributed by atoms with Crippen LogP contribution in [0.3, 0.4) is 0 Å². The molecule has 2 heteroatoms. The summed E-state index contributed by atoms with van der Waals surface area (Å²) in [4.78, 5) is 0. The smallest absolute Gasteiger partial charge is 0.126 e. The first kappa shape index (κ1) is 15.5. The Labute approximate surface area is 123 Å². The minimum absolute atomic E-state index is 0.0580. The molecule has 1 aliphatic rings. The number of halogens is 1. The molecule has 0 saturated heterocycles. The Kier molecular flexibility index (Phi) is 5.20. The summed E-state index contributed by atoms with van der Waals surface area (Å²) in [6, 6.07) is 5.83. The van der Waals surface area contributed by atoms with Crippen molar-refractivity contribution in [3.05, 3.63) is 35.1 Å². The summed E-state index contributed by atoms with van der Waals surface area (Å²) in [7, 11) is 2.02. The molecule has 1 nitrogen and oxygen atoms in total.